The Bertz CT molecular complexity index is 1160. The summed E-state index contributed by atoms with van der Waals surface area (Å²) in [4.78, 5) is 2.42. The van der Waals surface area contributed by atoms with Gasteiger partial charge in [0.15, 0.2) is 0 Å². The Morgan fingerprint density at radius 2 is 1.76 bits per heavy atom. The third-order valence-corrected chi connectivity index (χ3v) is 7.80. The highest BCUT2D eigenvalue weighted by Gasteiger charge is 2.68. The van der Waals surface area contributed by atoms with Gasteiger partial charge in [-0.1, -0.05) is 73.2 Å². The molecule has 2 aromatic rings. The molecule has 0 aromatic heterocycles. The lowest BCUT2D eigenvalue weighted by atomic mass is 9.63. The first-order chi connectivity index (χ1) is 16.1. The molecule has 3 atom stereocenters. The van der Waals surface area contributed by atoms with E-state index in [1.165, 1.54) is 41.7 Å². The average Bonchev–Trinajstić information content (AvgIpc) is 3.28. The molecule has 5 rings (SSSR count). The second kappa shape index (κ2) is 8.73. The Kier molecular flexibility index (Phi) is 5.77. The molecule has 3 aliphatic rings. The van der Waals surface area contributed by atoms with E-state index >= 15 is 0 Å². The average molecular weight is 436 g/mol. The Labute approximate surface area is 198 Å². The third kappa shape index (κ3) is 3.30. The maximum atomic E-state index is 6.40. The minimum Gasteiger partial charge on any atom is -0.498 e. The molecule has 3 aliphatic carbocycles. The number of allylic oxidation sites excluding steroid dienone is 2. The van der Waals surface area contributed by atoms with Crippen LogP contribution in [0.4, 0.5) is 0 Å². The summed E-state index contributed by atoms with van der Waals surface area (Å²) in [6.45, 7) is 2.81. The predicted molar refractivity (Wildman–Crippen MR) is 136 cm³/mol. The molecular weight excluding hydrogens is 402 g/mol. The third-order valence-electron chi connectivity index (χ3n) is 7.80. The van der Waals surface area contributed by atoms with E-state index in [0.717, 1.165) is 12.0 Å². The first kappa shape index (κ1) is 21.8. The van der Waals surface area contributed by atoms with Gasteiger partial charge in [0.2, 0.25) is 0 Å². The summed E-state index contributed by atoms with van der Waals surface area (Å²) in [5.41, 5.74) is 4.98. The Morgan fingerprint density at radius 3 is 2.45 bits per heavy atom. The van der Waals surface area contributed by atoms with Crippen molar-refractivity contribution >= 4 is 5.57 Å². The van der Waals surface area contributed by atoms with Crippen LogP contribution in [-0.2, 0) is 4.74 Å². The van der Waals surface area contributed by atoms with Crippen molar-refractivity contribution < 1.29 is 4.74 Å². The summed E-state index contributed by atoms with van der Waals surface area (Å²) in [6.07, 6.45) is 11.7. The van der Waals surface area contributed by atoms with Crippen LogP contribution in [0.2, 0.25) is 0 Å². The van der Waals surface area contributed by atoms with Crippen LogP contribution in [-0.4, -0.2) is 31.1 Å². The molecule has 1 fully saturated rings. The maximum absolute atomic E-state index is 6.40. The van der Waals surface area contributed by atoms with Gasteiger partial charge in [-0.25, -0.2) is 0 Å². The lowest BCUT2D eigenvalue weighted by Gasteiger charge is -2.44. The van der Waals surface area contributed by atoms with E-state index in [1.807, 2.05) is 24.3 Å². The van der Waals surface area contributed by atoms with E-state index in [0.29, 0.717) is 12.5 Å². The topological polar surface area (TPSA) is 12.5 Å². The Morgan fingerprint density at radius 1 is 1.03 bits per heavy atom. The summed E-state index contributed by atoms with van der Waals surface area (Å²) in [6, 6.07) is 21.2. The van der Waals surface area contributed by atoms with Crippen molar-refractivity contribution in [2.45, 2.75) is 38.1 Å². The molecule has 0 aliphatic heterocycles. The molecule has 168 valence electrons. The van der Waals surface area contributed by atoms with E-state index in [4.69, 9.17) is 4.74 Å². The second-order valence-electron chi connectivity index (χ2n) is 9.55. The first-order valence-corrected chi connectivity index (χ1v) is 12.2. The van der Waals surface area contributed by atoms with Crippen molar-refractivity contribution in [2.75, 3.05) is 20.7 Å². The smallest absolute Gasteiger partial charge is 0.105 e. The Hall–Kier alpha value is -3.02. The molecule has 1 saturated carbocycles. The zero-order chi connectivity index (χ0) is 22.9. The van der Waals surface area contributed by atoms with Crippen molar-refractivity contribution in [2.24, 2.45) is 11.3 Å². The van der Waals surface area contributed by atoms with Crippen molar-refractivity contribution in [1.29, 1.82) is 0 Å². The number of hydrogen-bond donors (Lipinski definition) is 0. The van der Waals surface area contributed by atoms with Gasteiger partial charge in [-0.3, -0.25) is 4.90 Å². The highest BCUT2D eigenvalue weighted by molar-refractivity contribution is 5.87. The molecule has 2 nitrogen and oxygen atoms in total. The summed E-state index contributed by atoms with van der Waals surface area (Å²) in [5, 5.41) is 0. The van der Waals surface area contributed by atoms with Crippen LogP contribution in [0.15, 0.2) is 90.2 Å². The fourth-order valence-electron chi connectivity index (χ4n) is 6.64. The van der Waals surface area contributed by atoms with Crippen LogP contribution in [0.5, 0.6) is 0 Å². The highest BCUT2D eigenvalue weighted by Crippen LogP contribution is 2.71. The summed E-state index contributed by atoms with van der Waals surface area (Å²) >= 11 is 0. The molecule has 2 heteroatoms. The van der Waals surface area contributed by atoms with Crippen LogP contribution >= 0.6 is 0 Å². The monoisotopic (exact) mass is 435 g/mol. The Balaban J connectivity index is 1.69. The minimum absolute atomic E-state index is 0.0492. The highest BCUT2D eigenvalue weighted by atomic mass is 16.5. The van der Waals surface area contributed by atoms with Gasteiger partial charge in [0.25, 0.3) is 0 Å². The van der Waals surface area contributed by atoms with E-state index in [9.17, 15) is 0 Å². The SMILES string of the molecule is CCOC1=C[C@@]2(N(C)C)C(/C=C/C#Cc3ccccc3)=C(c3ccccc3)[C@@]13CCCC[C@H]32. The van der Waals surface area contributed by atoms with Gasteiger partial charge < -0.3 is 4.74 Å². The van der Waals surface area contributed by atoms with Gasteiger partial charge in [0, 0.05) is 11.5 Å². The molecule has 33 heavy (non-hydrogen) atoms. The number of likely N-dealkylation sites (N-methyl/N-ethyl adjacent to an activating group) is 1. The fraction of sp³-hybridized carbons (Fsp3) is 0.355. The van der Waals surface area contributed by atoms with Gasteiger partial charge in [-0.05, 0) is 80.9 Å². The summed E-state index contributed by atoms with van der Waals surface area (Å²) in [5.74, 6) is 8.26. The summed E-state index contributed by atoms with van der Waals surface area (Å²) < 4.78 is 6.40. The molecule has 0 unspecified atom stereocenters. The van der Waals surface area contributed by atoms with Gasteiger partial charge in [-0.2, -0.15) is 0 Å². The van der Waals surface area contributed by atoms with Crippen LogP contribution in [0.3, 0.4) is 0 Å². The maximum Gasteiger partial charge on any atom is 0.105 e. The van der Waals surface area contributed by atoms with Crippen molar-refractivity contribution in [1.82, 2.24) is 4.90 Å². The first-order valence-electron chi connectivity index (χ1n) is 12.2. The van der Waals surface area contributed by atoms with Gasteiger partial charge in [0.05, 0.1) is 17.6 Å². The number of rotatable bonds is 5. The van der Waals surface area contributed by atoms with Crippen LogP contribution in [0.1, 0.15) is 43.7 Å². The largest absolute Gasteiger partial charge is 0.498 e. The molecule has 0 N–H and O–H groups in total. The van der Waals surface area contributed by atoms with E-state index in [-0.39, 0.29) is 11.0 Å². The number of nitrogens with zero attached hydrogens (tertiary/aromatic N) is 1. The van der Waals surface area contributed by atoms with E-state index < -0.39 is 0 Å². The van der Waals surface area contributed by atoms with Crippen LogP contribution in [0, 0.1) is 23.2 Å². The predicted octanol–water partition coefficient (Wildman–Crippen LogP) is 6.47. The van der Waals surface area contributed by atoms with Gasteiger partial charge >= 0.3 is 0 Å². The zero-order valence-electron chi connectivity index (χ0n) is 20.0. The van der Waals surface area contributed by atoms with Crippen LogP contribution < -0.4 is 0 Å². The molecule has 0 saturated heterocycles. The lowest BCUT2D eigenvalue weighted by molar-refractivity contribution is 0.0769. The molecule has 0 spiro atoms. The molecule has 0 radical (unpaired) electrons. The zero-order valence-corrected chi connectivity index (χ0v) is 20.0. The molecule has 0 heterocycles. The van der Waals surface area contributed by atoms with E-state index in [1.54, 1.807) is 0 Å². The van der Waals surface area contributed by atoms with Crippen LogP contribution in [0.25, 0.3) is 5.57 Å². The fourth-order valence-corrected chi connectivity index (χ4v) is 6.64. The molecule has 2 bridgehead atoms. The summed E-state index contributed by atoms with van der Waals surface area (Å²) in [7, 11) is 4.45. The second-order valence-corrected chi connectivity index (χ2v) is 9.55. The minimum atomic E-state index is -0.166. The molecule has 0 amide bonds. The standard InChI is InChI=1S/C31H33NO/c1-4-33-28-23-31(32(2)3)26(20-12-11-17-24-15-7-5-8-16-24)29(25-18-9-6-10-19-25)30(28)22-14-13-21-27(30)31/h5-10,12,15-16,18-20,23,27H,4,13-14,21-22H2,1-3H3/b20-12+/t27-,30-,31-/m1/s1. The normalized spacial score (nSPS) is 28.0. The molecule has 2 aromatic carbocycles. The van der Waals surface area contributed by atoms with Crippen molar-refractivity contribution in [3.05, 3.63) is 101 Å². The van der Waals surface area contributed by atoms with E-state index in [2.05, 4.69) is 92.4 Å². The number of benzene rings is 2. The van der Waals surface area contributed by atoms with Crippen molar-refractivity contribution in [3.8, 4) is 11.8 Å². The van der Waals surface area contributed by atoms with Gasteiger partial charge in [0.1, 0.15) is 5.76 Å². The van der Waals surface area contributed by atoms with Gasteiger partial charge in [-0.15, -0.1) is 0 Å². The molecular formula is C31H33NO. The number of ether oxygens (including phenoxy) is 1. The number of hydrogen-bond acceptors (Lipinski definition) is 2. The quantitative estimate of drug-likeness (QED) is 0.499. The lowest BCUT2D eigenvalue weighted by Crippen LogP contribution is -2.48. The van der Waals surface area contributed by atoms with Crippen molar-refractivity contribution in [3.63, 3.8) is 0 Å².